The van der Waals surface area contributed by atoms with E-state index in [9.17, 15) is 0 Å². The van der Waals surface area contributed by atoms with Crippen molar-refractivity contribution in [2.24, 2.45) is 0 Å². The zero-order chi connectivity index (χ0) is 14.8. The van der Waals surface area contributed by atoms with Gasteiger partial charge >= 0.3 is 0 Å². The average molecular weight is 289 g/mol. The molecule has 0 aromatic carbocycles. The SMILES string of the molecule is c1cncc(-n2cc(-c3cccc(-c4ncco4)n3)cn2)c1. The van der Waals surface area contributed by atoms with E-state index in [4.69, 9.17) is 4.42 Å². The second-order valence-electron chi connectivity index (χ2n) is 4.63. The Morgan fingerprint density at radius 3 is 2.73 bits per heavy atom. The molecule has 4 aromatic heterocycles. The molecule has 6 heteroatoms. The predicted octanol–water partition coefficient (Wildman–Crippen LogP) is 2.98. The predicted molar refractivity (Wildman–Crippen MR) is 80.1 cm³/mol. The monoisotopic (exact) mass is 289 g/mol. The molecule has 0 N–H and O–H groups in total. The van der Waals surface area contributed by atoms with E-state index < -0.39 is 0 Å². The molecule has 0 radical (unpaired) electrons. The van der Waals surface area contributed by atoms with E-state index in [1.807, 2.05) is 36.5 Å². The van der Waals surface area contributed by atoms with Crippen LogP contribution in [0.5, 0.6) is 0 Å². The molecule has 0 fully saturated rings. The number of nitrogens with zero attached hydrogens (tertiary/aromatic N) is 5. The molecule has 0 amide bonds. The van der Waals surface area contributed by atoms with Gasteiger partial charge in [-0.05, 0) is 24.3 Å². The summed E-state index contributed by atoms with van der Waals surface area (Å²) >= 11 is 0. The van der Waals surface area contributed by atoms with Gasteiger partial charge in [0.2, 0.25) is 5.89 Å². The number of aromatic nitrogens is 5. The van der Waals surface area contributed by atoms with E-state index in [1.54, 1.807) is 29.5 Å². The van der Waals surface area contributed by atoms with Gasteiger partial charge in [-0.25, -0.2) is 14.6 Å². The Balaban J connectivity index is 1.71. The summed E-state index contributed by atoms with van der Waals surface area (Å²) in [5.41, 5.74) is 3.32. The lowest BCUT2D eigenvalue weighted by atomic mass is 10.2. The summed E-state index contributed by atoms with van der Waals surface area (Å²) < 4.78 is 7.05. The smallest absolute Gasteiger partial charge is 0.245 e. The first kappa shape index (κ1) is 12.5. The van der Waals surface area contributed by atoms with Gasteiger partial charge in [-0.2, -0.15) is 5.10 Å². The summed E-state index contributed by atoms with van der Waals surface area (Å²) in [7, 11) is 0. The van der Waals surface area contributed by atoms with E-state index in [1.165, 1.54) is 6.26 Å². The average Bonchev–Trinajstić information content (AvgIpc) is 3.28. The van der Waals surface area contributed by atoms with Crippen LogP contribution in [-0.4, -0.2) is 24.7 Å². The maximum absolute atomic E-state index is 5.28. The summed E-state index contributed by atoms with van der Waals surface area (Å²) in [5, 5.41) is 4.35. The van der Waals surface area contributed by atoms with Crippen LogP contribution in [0.2, 0.25) is 0 Å². The Kier molecular flexibility index (Phi) is 2.97. The minimum atomic E-state index is 0.501. The van der Waals surface area contributed by atoms with Gasteiger partial charge in [0, 0.05) is 18.0 Å². The molecule has 4 rings (SSSR count). The number of rotatable bonds is 3. The topological polar surface area (TPSA) is 69.6 Å². The highest BCUT2D eigenvalue weighted by Crippen LogP contribution is 2.21. The van der Waals surface area contributed by atoms with Crippen molar-refractivity contribution >= 4 is 0 Å². The zero-order valence-electron chi connectivity index (χ0n) is 11.5. The highest BCUT2D eigenvalue weighted by molar-refractivity contribution is 5.61. The standard InChI is InChI=1S/C16H11N5O/c1-4-14(20-15(5-1)16-18-7-8-22-16)12-9-19-21(11-12)13-3-2-6-17-10-13/h1-11H. The number of pyridine rings is 2. The second kappa shape index (κ2) is 5.25. The lowest BCUT2D eigenvalue weighted by molar-refractivity contribution is 0.572. The molecule has 4 aromatic rings. The van der Waals surface area contributed by atoms with Gasteiger partial charge in [0.25, 0.3) is 0 Å². The molecule has 0 bridgehead atoms. The lowest BCUT2D eigenvalue weighted by Crippen LogP contribution is -1.93. The summed E-state index contributed by atoms with van der Waals surface area (Å²) in [6.45, 7) is 0. The van der Waals surface area contributed by atoms with E-state index in [0.717, 1.165) is 16.9 Å². The van der Waals surface area contributed by atoms with E-state index in [0.29, 0.717) is 11.6 Å². The molecule has 0 saturated heterocycles. The van der Waals surface area contributed by atoms with Crippen LogP contribution in [0.4, 0.5) is 0 Å². The highest BCUT2D eigenvalue weighted by atomic mass is 16.3. The molecule has 0 aliphatic heterocycles. The lowest BCUT2D eigenvalue weighted by Gasteiger charge is -2.00. The van der Waals surface area contributed by atoms with Gasteiger partial charge in [-0.15, -0.1) is 0 Å². The zero-order valence-corrected chi connectivity index (χ0v) is 11.5. The van der Waals surface area contributed by atoms with Gasteiger partial charge in [-0.1, -0.05) is 6.07 Å². The van der Waals surface area contributed by atoms with Crippen molar-refractivity contribution in [2.75, 3.05) is 0 Å². The molecule has 0 spiro atoms. The van der Waals surface area contributed by atoms with E-state index in [-0.39, 0.29) is 0 Å². The summed E-state index contributed by atoms with van der Waals surface area (Å²) in [5.74, 6) is 0.501. The molecule has 6 nitrogen and oxygen atoms in total. The highest BCUT2D eigenvalue weighted by Gasteiger charge is 2.08. The third kappa shape index (κ3) is 2.26. The Hall–Kier alpha value is -3.28. The molecule has 0 atom stereocenters. The van der Waals surface area contributed by atoms with Crippen molar-refractivity contribution in [3.8, 4) is 28.5 Å². The third-order valence-electron chi connectivity index (χ3n) is 3.19. The van der Waals surface area contributed by atoms with Gasteiger partial charge in [-0.3, -0.25) is 4.98 Å². The van der Waals surface area contributed by atoms with Crippen molar-refractivity contribution in [2.45, 2.75) is 0 Å². The Labute approximate surface area is 126 Å². The third-order valence-corrected chi connectivity index (χ3v) is 3.19. The molecular formula is C16H11N5O. The number of oxazole rings is 1. The molecule has 0 saturated carbocycles. The largest absolute Gasteiger partial charge is 0.443 e. The summed E-state index contributed by atoms with van der Waals surface area (Å²) in [6, 6.07) is 9.53. The fourth-order valence-corrected chi connectivity index (χ4v) is 2.15. The molecule has 0 aliphatic carbocycles. The first-order chi connectivity index (χ1) is 10.9. The van der Waals surface area contributed by atoms with Crippen LogP contribution in [0.15, 0.2) is 72.0 Å². The van der Waals surface area contributed by atoms with Crippen LogP contribution in [0.25, 0.3) is 28.5 Å². The minimum absolute atomic E-state index is 0.501. The Morgan fingerprint density at radius 2 is 1.91 bits per heavy atom. The van der Waals surface area contributed by atoms with Crippen LogP contribution < -0.4 is 0 Å². The van der Waals surface area contributed by atoms with Crippen molar-refractivity contribution in [3.63, 3.8) is 0 Å². The molecule has 0 unspecified atom stereocenters. The number of hydrogen-bond acceptors (Lipinski definition) is 5. The first-order valence-electron chi connectivity index (χ1n) is 6.72. The van der Waals surface area contributed by atoms with Crippen molar-refractivity contribution in [3.05, 3.63) is 67.6 Å². The first-order valence-corrected chi connectivity index (χ1v) is 6.72. The normalized spacial score (nSPS) is 10.7. The maximum atomic E-state index is 5.28. The summed E-state index contributed by atoms with van der Waals surface area (Å²) in [6.07, 6.45) is 10.3. The summed E-state index contributed by atoms with van der Waals surface area (Å²) in [4.78, 5) is 12.8. The quantitative estimate of drug-likeness (QED) is 0.580. The fourth-order valence-electron chi connectivity index (χ4n) is 2.15. The van der Waals surface area contributed by atoms with Crippen LogP contribution >= 0.6 is 0 Å². The fraction of sp³-hybridized carbons (Fsp3) is 0. The van der Waals surface area contributed by atoms with Crippen LogP contribution in [-0.2, 0) is 0 Å². The van der Waals surface area contributed by atoms with Gasteiger partial charge < -0.3 is 4.42 Å². The molecule has 106 valence electrons. The van der Waals surface area contributed by atoms with Gasteiger partial charge in [0.15, 0.2) is 0 Å². The molecule has 0 aliphatic rings. The molecular weight excluding hydrogens is 278 g/mol. The Bertz CT molecular complexity index is 884. The van der Waals surface area contributed by atoms with E-state index >= 15 is 0 Å². The van der Waals surface area contributed by atoms with Crippen molar-refractivity contribution in [1.82, 2.24) is 24.7 Å². The van der Waals surface area contributed by atoms with Gasteiger partial charge in [0.05, 0.1) is 30.0 Å². The van der Waals surface area contributed by atoms with Crippen LogP contribution in [0.1, 0.15) is 0 Å². The number of hydrogen-bond donors (Lipinski definition) is 0. The minimum Gasteiger partial charge on any atom is -0.443 e. The van der Waals surface area contributed by atoms with Gasteiger partial charge in [0.1, 0.15) is 12.0 Å². The van der Waals surface area contributed by atoms with Crippen LogP contribution in [0.3, 0.4) is 0 Å². The Morgan fingerprint density at radius 1 is 0.955 bits per heavy atom. The van der Waals surface area contributed by atoms with Crippen LogP contribution in [0, 0.1) is 0 Å². The molecule has 22 heavy (non-hydrogen) atoms. The van der Waals surface area contributed by atoms with Crippen molar-refractivity contribution < 1.29 is 4.42 Å². The van der Waals surface area contributed by atoms with E-state index in [2.05, 4.69) is 20.1 Å². The molecule has 4 heterocycles. The second-order valence-corrected chi connectivity index (χ2v) is 4.63. The maximum Gasteiger partial charge on any atom is 0.245 e. The van der Waals surface area contributed by atoms with Crippen molar-refractivity contribution in [1.29, 1.82) is 0 Å².